The van der Waals surface area contributed by atoms with Gasteiger partial charge in [-0.05, 0) is 6.07 Å². The molecule has 2 rings (SSSR count). The van der Waals surface area contributed by atoms with Crippen LogP contribution in [-0.2, 0) is 20.1 Å². The number of ether oxygens (including phenoxy) is 1. The van der Waals surface area contributed by atoms with Gasteiger partial charge in [0.15, 0.2) is 0 Å². The van der Waals surface area contributed by atoms with E-state index >= 15 is 0 Å². The summed E-state index contributed by atoms with van der Waals surface area (Å²) in [6.07, 6.45) is 9.05. The molecule has 0 aliphatic rings. The average molecular weight is 255 g/mol. The van der Waals surface area contributed by atoms with Gasteiger partial charge >= 0.3 is 0 Å². The first-order valence-electron chi connectivity index (χ1n) is 6.12. The Kier molecular flexibility index (Phi) is 4.60. The summed E-state index contributed by atoms with van der Waals surface area (Å²) in [6, 6.07) is 7.89. The fourth-order valence-electron chi connectivity index (χ4n) is 1.81. The van der Waals surface area contributed by atoms with Crippen molar-refractivity contribution in [3.8, 4) is 18.1 Å². The van der Waals surface area contributed by atoms with Gasteiger partial charge in [-0.15, -0.1) is 6.42 Å². The molecule has 0 saturated heterocycles. The highest BCUT2D eigenvalue weighted by Crippen LogP contribution is 2.17. The van der Waals surface area contributed by atoms with Crippen LogP contribution in [0.3, 0.4) is 0 Å². The number of hydrogen-bond acceptors (Lipinski definition) is 3. The van der Waals surface area contributed by atoms with E-state index in [1.54, 1.807) is 4.68 Å². The first-order chi connectivity index (χ1) is 9.29. The lowest BCUT2D eigenvalue weighted by atomic mass is 10.2. The Morgan fingerprint density at radius 3 is 2.95 bits per heavy atom. The molecular weight excluding hydrogens is 238 g/mol. The van der Waals surface area contributed by atoms with E-state index in [9.17, 15) is 0 Å². The maximum atomic E-state index is 5.50. The molecular formula is C15H17N3O. The maximum absolute atomic E-state index is 5.50. The van der Waals surface area contributed by atoms with Crippen LogP contribution >= 0.6 is 0 Å². The normalized spacial score (nSPS) is 10.1. The molecule has 0 aliphatic carbocycles. The Labute approximate surface area is 113 Å². The van der Waals surface area contributed by atoms with Crippen LogP contribution in [0.15, 0.2) is 36.7 Å². The highest BCUT2D eigenvalue weighted by atomic mass is 16.5. The molecule has 1 heterocycles. The second-order valence-corrected chi connectivity index (χ2v) is 4.23. The number of rotatable bonds is 6. The van der Waals surface area contributed by atoms with Crippen molar-refractivity contribution in [3.05, 3.63) is 47.8 Å². The molecule has 1 aromatic heterocycles. The van der Waals surface area contributed by atoms with E-state index in [0.29, 0.717) is 6.61 Å². The third-order valence-corrected chi connectivity index (χ3v) is 2.69. The Balaban J connectivity index is 1.90. The summed E-state index contributed by atoms with van der Waals surface area (Å²) in [6.45, 7) is 1.80. The highest BCUT2D eigenvalue weighted by Gasteiger charge is 2.02. The van der Waals surface area contributed by atoms with Crippen LogP contribution in [0, 0.1) is 12.3 Å². The van der Waals surface area contributed by atoms with Crippen LogP contribution in [0.1, 0.15) is 11.1 Å². The van der Waals surface area contributed by atoms with Crippen molar-refractivity contribution < 1.29 is 4.74 Å². The third-order valence-electron chi connectivity index (χ3n) is 2.69. The molecule has 4 nitrogen and oxygen atoms in total. The number of nitrogens with one attached hydrogen (secondary N) is 1. The van der Waals surface area contributed by atoms with Gasteiger partial charge in [-0.25, -0.2) is 0 Å². The predicted octanol–water partition coefficient (Wildman–Crippen LogP) is 1.72. The van der Waals surface area contributed by atoms with Crippen LogP contribution < -0.4 is 10.1 Å². The first kappa shape index (κ1) is 13.2. The summed E-state index contributed by atoms with van der Waals surface area (Å²) in [5.41, 5.74) is 2.26. The zero-order chi connectivity index (χ0) is 13.5. The van der Waals surface area contributed by atoms with Crippen LogP contribution in [0.4, 0.5) is 0 Å². The molecule has 0 atom stereocenters. The highest BCUT2D eigenvalue weighted by molar-refractivity contribution is 5.33. The molecule has 0 aliphatic heterocycles. The molecule has 0 unspecified atom stereocenters. The summed E-state index contributed by atoms with van der Waals surface area (Å²) >= 11 is 0. The lowest BCUT2D eigenvalue weighted by Gasteiger charge is -2.10. The van der Waals surface area contributed by atoms with E-state index in [-0.39, 0.29) is 0 Å². The molecule has 0 saturated carbocycles. The Morgan fingerprint density at radius 1 is 1.37 bits per heavy atom. The van der Waals surface area contributed by atoms with Crippen molar-refractivity contribution in [1.29, 1.82) is 0 Å². The summed E-state index contributed by atoms with van der Waals surface area (Å²) in [4.78, 5) is 0. The molecule has 98 valence electrons. The van der Waals surface area contributed by atoms with E-state index < -0.39 is 0 Å². The van der Waals surface area contributed by atoms with Crippen LogP contribution in [0.2, 0.25) is 0 Å². The Hall–Kier alpha value is -2.25. The minimum Gasteiger partial charge on any atom is -0.481 e. The predicted molar refractivity (Wildman–Crippen MR) is 74.5 cm³/mol. The molecule has 0 amide bonds. The third kappa shape index (κ3) is 3.87. The smallest absolute Gasteiger partial charge is 0.148 e. The van der Waals surface area contributed by atoms with Gasteiger partial charge in [0.1, 0.15) is 12.4 Å². The lowest BCUT2D eigenvalue weighted by molar-refractivity contribution is 0.365. The first-order valence-corrected chi connectivity index (χ1v) is 6.12. The van der Waals surface area contributed by atoms with E-state index in [2.05, 4.69) is 16.3 Å². The zero-order valence-electron chi connectivity index (χ0n) is 11.0. The van der Waals surface area contributed by atoms with Gasteiger partial charge < -0.3 is 10.1 Å². The summed E-state index contributed by atoms with van der Waals surface area (Å²) < 4.78 is 7.29. The number of para-hydroxylation sites is 1. The Morgan fingerprint density at radius 2 is 2.21 bits per heavy atom. The van der Waals surface area contributed by atoms with Gasteiger partial charge in [0, 0.05) is 37.5 Å². The molecule has 0 bridgehead atoms. The van der Waals surface area contributed by atoms with E-state index in [0.717, 1.165) is 30.0 Å². The quantitative estimate of drug-likeness (QED) is 0.799. The van der Waals surface area contributed by atoms with Crippen molar-refractivity contribution in [2.75, 3.05) is 6.61 Å². The molecule has 2 aromatic rings. The molecule has 0 spiro atoms. The summed E-state index contributed by atoms with van der Waals surface area (Å²) in [5.74, 6) is 3.31. The molecule has 0 fully saturated rings. The van der Waals surface area contributed by atoms with Crippen molar-refractivity contribution >= 4 is 0 Å². The van der Waals surface area contributed by atoms with Crippen LogP contribution in [0.5, 0.6) is 5.75 Å². The van der Waals surface area contributed by atoms with E-state index in [1.807, 2.05) is 43.7 Å². The molecule has 1 N–H and O–H groups in total. The number of hydrogen-bond donors (Lipinski definition) is 1. The van der Waals surface area contributed by atoms with Gasteiger partial charge in [0.2, 0.25) is 0 Å². The molecule has 1 aromatic carbocycles. The van der Waals surface area contributed by atoms with Crippen molar-refractivity contribution in [1.82, 2.24) is 15.1 Å². The molecule has 0 radical (unpaired) electrons. The van der Waals surface area contributed by atoms with Crippen LogP contribution in [-0.4, -0.2) is 16.4 Å². The van der Waals surface area contributed by atoms with Gasteiger partial charge in [-0.2, -0.15) is 5.10 Å². The van der Waals surface area contributed by atoms with Crippen molar-refractivity contribution in [2.24, 2.45) is 7.05 Å². The zero-order valence-corrected chi connectivity index (χ0v) is 11.0. The summed E-state index contributed by atoms with van der Waals surface area (Å²) in [5, 5.41) is 7.49. The molecule has 4 heteroatoms. The number of aryl methyl sites for hydroxylation is 1. The molecule has 19 heavy (non-hydrogen) atoms. The standard InChI is InChI=1S/C15H17N3O/c1-3-8-19-15-7-5-4-6-14(15)11-16-9-13-10-17-18(2)12-13/h1,4-7,10,12,16H,8-9,11H2,2H3. The topological polar surface area (TPSA) is 39.1 Å². The maximum Gasteiger partial charge on any atom is 0.148 e. The van der Waals surface area contributed by atoms with Gasteiger partial charge in [0.05, 0.1) is 6.20 Å². The number of aromatic nitrogens is 2. The fourth-order valence-corrected chi connectivity index (χ4v) is 1.81. The number of terminal acetylenes is 1. The van der Waals surface area contributed by atoms with Gasteiger partial charge in [0.25, 0.3) is 0 Å². The van der Waals surface area contributed by atoms with E-state index in [4.69, 9.17) is 11.2 Å². The average Bonchev–Trinajstić information content (AvgIpc) is 2.83. The SMILES string of the molecule is C#CCOc1ccccc1CNCc1cnn(C)c1. The second kappa shape index (κ2) is 6.62. The lowest BCUT2D eigenvalue weighted by Crippen LogP contribution is -2.13. The van der Waals surface area contributed by atoms with Gasteiger partial charge in [-0.3, -0.25) is 4.68 Å². The minimum atomic E-state index is 0.291. The monoisotopic (exact) mass is 255 g/mol. The minimum absolute atomic E-state index is 0.291. The van der Waals surface area contributed by atoms with Crippen molar-refractivity contribution in [3.63, 3.8) is 0 Å². The van der Waals surface area contributed by atoms with E-state index in [1.165, 1.54) is 0 Å². The summed E-state index contributed by atoms with van der Waals surface area (Å²) in [7, 11) is 1.91. The largest absolute Gasteiger partial charge is 0.481 e. The van der Waals surface area contributed by atoms with Gasteiger partial charge in [-0.1, -0.05) is 24.1 Å². The number of nitrogens with zero attached hydrogens (tertiary/aromatic N) is 2. The van der Waals surface area contributed by atoms with Crippen molar-refractivity contribution in [2.45, 2.75) is 13.1 Å². The Bertz CT molecular complexity index is 569. The fraction of sp³-hybridized carbons (Fsp3) is 0.267. The number of benzene rings is 1. The van der Waals surface area contributed by atoms with Crippen LogP contribution in [0.25, 0.3) is 0 Å². The second-order valence-electron chi connectivity index (χ2n) is 4.23.